The van der Waals surface area contributed by atoms with Crippen LogP contribution in [0.5, 0.6) is 0 Å². The molecule has 0 aromatic carbocycles. The number of aliphatic hydroxyl groups excluding tert-OH is 1. The van der Waals surface area contributed by atoms with Gasteiger partial charge >= 0.3 is 0 Å². The van der Waals surface area contributed by atoms with Crippen molar-refractivity contribution in [2.45, 2.75) is 25.5 Å². The first-order valence-electron chi connectivity index (χ1n) is 5.29. The third-order valence-corrected chi connectivity index (χ3v) is 1.96. The molecule has 2 atom stereocenters. The van der Waals surface area contributed by atoms with Crippen molar-refractivity contribution >= 4 is 0 Å². The van der Waals surface area contributed by atoms with Gasteiger partial charge in [-0.2, -0.15) is 0 Å². The number of hydrogen-bond acceptors (Lipinski definition) is 4. The Hall–Kier alpha value is -0.420. The maximum Gasteiger partial charge on any atom is 0.0897 e. The van der Waals surface area contributed by atoms with E-state index in [2.05, 4.69) is 18.8 Å². The van der Waals surface area contributed by atoms with Crippen molar-refractivity contribution in [1.82, 2.24) is 5.32 Å². The van der Waals surface area contributed by atoms with Crippen molar-refractivity contribution in [2.75, 3.05) is 33.5 Å². The fourth-order valence-electron chi connectivity index (χ4n) is 1.09. The molecule has 0 aliphatic heterocycles. The van der Waals surface area contributed by atoms with Gasteiger partial charge in [0.2, 0.25) is 0 Å². The molecule has 0 aromatic heterocycles. The van der Waals surface area contributed by atoms with Crippen molar-refractivity contribution in [2.24, 2.45) is 0 Å². The molecule has 0 aliphatic carbocycles. The fraction of sp³-hybridized carbons (Fsp3) is 0.818. The Morgan fingerprint density at radius 3 is 2.80 bits per heavy atom. The summed E-state index contributed by atoms with van der Waals surface area (Å²) in [6.45, 7) is 7.69. The molecular formula is C11H23NO3. The summed E-state index contributed by atoms with van der Waals surface area (Å²) in [6, 6.07) is 0.344. The molecule has 4 nitrogen and oxygen atoms in total. The molecule has 0 radical (unpaired) electrons. The highest BCUT2D eigenvalue weighted by molar-refractivity contribution is 4.75. The summed E-state index contributed by atoms with van der Waals surface area (Å²) in [5.41, 5.74) is 0. The summed E-state index contributed by atoms with van der Waals surface area (Å²) in [5.74, 6) is 0. The summed E-state index contributed by atoms with van der Waals surface area (Å²) in [5, 5.41) is 12.7. The molecule has 0 aliphatic rings. The van der Waals surface area contributed by atoms with Gasteiger partial charge in [0.25, 0.3) is 0 Å². The van der Waals surface area contributed by atoms with E-state index in [0.717, 1.165) is 6.42 Å². The molecule has 0 amide bonds. The second-order valence-corrected chi connectivity index (χ2v) is 3.56. The van der Waals surface area contributed by atoms with Crippen LogP contribution < -0.4 is 5.32 Å². The first-order chi connectivity index (χ1) is 7.20. The molecule has 0 bridgehead atoms. The molecule has 0 spiro atoms. The van der Waals surface area contributed by atoms with Crippen LogP contribution in [0.1, 0.15) is 13.3 Å². The van der Waals surface area contributed by atoms with Gasteiger partial charge in [0, 0.05) is 19.7 Å². The van der Waals surface area contributed by atoms with E-state index >= 15 is 0 Å². The molecule has 4 heteroatoms. The summed E-state index contributed by atoms with van der Waals surface area (Å²) >= 11 is 0. The number of rotatable bonds is 10. The van der Waals surface area contributed by atoms with E-state index in [9.17, 15) is 5.11 Å². The van der Waals surface area contributed by atoms with E-state index in [1.54, 1.807) is 7.11 Å². The number of nitrogens with one attached hydrogen (secondary N) is 1. The minimum absolute atomic E-state index is 0.344. The van der Waals surface area contributed by atoms with Gasteiger partial charge in [-0.1, -0.05) is 6.08 Å². The lowest BCUT2D eigenvalue weighted by Crippen LogP contribution is -2.35. The zero-order valence-corrected chi connectivity index (χ0v) is 9.74. The molecule has 90 valence electrons. The quantitative estimate of drug-likeness (QED) is 0.415. The summed E-state index contributed by atoms with van der Waals surface area (Å²) < 4.78 is 10.0. The lowest BCUT2D eigenvalue weighted by molar-refractivity contribution is 0.0131. The summed E-state index contributed by atoms with van der Waals surface area (Å²) in [7, 11) is 1.62. The van der Waals surface area contributed by atoms with Crippen LogP contribution in [0.15, 0.2) is 12.7 Å². The van der Waals surface area contributed by atoms with Crippen molar-refractivity contribution < 1.29 is 14.6 Å². The lowest BCUT2D eigenvalue weighted by Gasteiger charge is -2.15. The first-order valence-corrected chi connectivity index (χ1v) is 5.29. The Bertz CT molecular complexity index is 153. The molecule has 0 aromatic rings. The summed E-state index contributed by atoms with van der Waals surface area (Å²) in [4.78, 5) is 0. The van der Waals surface area contributed by atoms with E-state index in [4.69, 9.17) is 9.47 Å². The normalized spacial score (nSPS) is 14.9. The van der Waals surface area contributed by atoms with E-state index < -0.39 is 6.10 Å². The predicted octanol–water partition coefficient (Wildman–Crippen LogP) is 0.564. The zero-order chi connectivity index (χ0) is 11.5. The monoisotopic (exact) mass is 217 g/mol. The maximum atomic E-state index is 9.51. The molecule has 0 fully saturated rings. The standard InChI is InChI=1S/C11H23NO3/c1-4-5-10(2)12-8-11(13)9-15-7-6-14-3/h4,10-13H,1,5-9H2,2-3H3. The second-order valence-electron chi connectivity index (χ2n) is 3.56. The molecule has 15 heavy (non-hydrogen) atoms. The minimum atomic E-state index is -0.464. The second kappa shape index (κ2) is 10.1. The van der Waals surface area contributed by atoms with Gasteiger partial charge in [0.1, 0.15) is 0 Å². The van der Waals surface area contributed by atoms with Gasteiger partial charge in [0.05, 0.1) is 25.9 Å². The SMILES string of the molecule is C=CCC(C)NCC(O)COCCOC. The Labute approximate surface area is 92.3 Å². The number of hydrogen-bond donors (Lipinski definition) is 2. The van der Waals surface area contributed by atoms with Crippen LogP contribution in [0, 0.1) is 0 Å². The van der Waals surface area contributed by atoms with Crippen LogP contribution in [-0.2, 0) is 9.47 Å². The van der Waals surface area contributed by atoms with Crippen LogP contribution in [0.4, 0.5) is 0 Å². The Morgan fingerprint density at radius 2 is 2.20 bits per heavy atom. The average Bonchev–Trinajstić information content (AvgIpc) is 2.22. The Morgan fingerprint density at radius 1 is 1.47 bits per heavy atom. The third kappa shape index (κ3) is 9.87. The molecule has 2 N–H and O–H groups in total. The van der Waals surface area contributed by atoms with E-state index in [-0.39, 0.29) is 0 Å². The molecule has 0 saturated carbocycles. The smallest absolute Gasteiger partial charge is 0.0897 e. The molecule has 0 saturated heterocycles. The van der Waals surface area contributed by atoms with E-state index in [1.807, 2.05) is 6.08 Å². The highest BCUT2D eigenvalue weighted by atomic mass is 16.5. The number of aliphatic hydroxyl groups is 1. The molecule has 0 heterocycles. The van der Waals surface area contributed by atoms with Crippen molar-refractivity contribution in [3.8, 4) is 0 Å². The molecule has 0 rings (SSSR count). The van der Waals surface area contributed by atoms with Gasteiger partial charge < -0.3 is 19.9 Å². The van der Waals surface area contributed by atoms with Gasteiger partial charge in [0.15, 0.2) is 0 Å². The van der Waals surface area contributed by atoms with E-state index in [1.165, 1.54) is 0 Å². The number of methoxy groups -OCH3 is 1. The molecule has 2 unspecified atom stereocenters. The largest absolute Gasteiger partial charge is 0.389 e. The predicted molar refractivity (Wildman–Crippen MR) is 61.0 cm³/mol. The number of ether oxygens (including phenoxy) is 2. The fourth-order valence-corrected chi connectivity index (χ4v) is 1.09. The topological polar surface area (TPSA) is 50.7 Å². The minimum Gasteiger partial charge on any atom is -0.389 e. The first kappa shape index (κ1) is 14.6. The Balaban J connectivity index is 3.31. The van der Waals surface area contributed by atoms with E-state index in [0.29, 0.717) is 32.4 Å². The van der Waals surface area contributed by atoms with Crippen LogP contribution in [0.2, 0.25) is 0 Å². The van der Waals surface area contributed by atoms with Gasteiger partial charge in [-0.3, -0.25) is 0 Å². The average molecular weight is 217 g/mol. The maximum absolute atomic E-state index is 9.51. The van der Waals surface area contributed by atoms with Gasteiger partial charge in [-0.25, -0.2) is 0 Å². The van der Waals surface area contributed by atoms with Crippen molar-refractivity contribution in [1.29, 1.82) is 0 Å². The molecular weight excluding hydrogens is 194 g/mol. The highest BCUT2D eigenvalue weighted by Gasteiger charge is 2.05. The van der Waals surface area contributed by atoms with Crippen LogP contribution in [0.3, 0.4) is 0 Å². The lowest BCUT2D eigenvalue weighted by atomic mass is 10.2. The highest BCUT2D eigenvalue weighted by Crippen LogP contribution is 1.92. The third-order valence-electron chi connectivity index (χ3n) is 1.96. The zero-order valence-electron chi connectivity index (χ0n) is 9.74. The Kier molecular flexibility index (Phi) is 9.83. The van der Waals surface area contributed by atoms with Crippen molar-refractivity contribution in [3.05, 3.63) is 12.7 Å². The van der Waals surface area contributed by atoms with Crippen LogP contribution in [0.25, 0.3) is 0 Å². The van der Waals surface area contributed by atoms with Gasteiger partial charge in [-0.05, 0) is 13.3 Å². The van der Waals surface area contributed by atoms with Crippen LogP contribution >= 0.6 is 0 Å². The summed E-state index contributed by atoms with van der Waals surface area (Å²) in [6.07, 6.45) is 2.30. The van der Waals surface area contributed by atoms with Crippen LogP contribution in [-0.4, -0.2) is 50.7 Å². The van der Waals surface area contributed by atoms with Crippen molar-refractivity contribution in [3.63, 3.8) is 0 Å². The van der Waals surface area contributed by atoms with Gasteiger partial charge in [-0.15, -0.1) is 6.58 Å².